The van der Waals surface area contributed by atoms with Crippen molar-refractivity contribution in [3.8, 4) is 0 Å². The second kappa shape index (κ2) is 6.18. The van der Waals surface area contributed by atoms with Crippen LogP contribution in [0.4, 0.5) is 0 Å². The summed E-state index contributed by atoms with van der Waals surface area (Å²) in [5.41, 5.74) is 0. The molecular weight excluding hydrogens is 208 g/mol. The van der Waals surface area contributed by atoms with Gasteiger partial charge >= 0.3 is 5.97 Å². The molecule has 5 heteroatoms. The molecule has 16 heavy (non-hydrogen) atoms. The van der Waals surface area contributed by atoms with E-state index in [0.29, 0.717) is 13.1 Å². The summed E-state index contributed by atoms with van der Waals surface area (Å²) in [5.74, 6) is -0.784. The highest BCUT2D eigenvalue weighted by Gasteiger charge is 2.26. The Morgan fingerprint density at radius 3 is 2.50 bits per heavy atom. The Balaban J connectivity index is 2.47. The summed E-state index contributed by atoms with van der Waals surface area (Å²) in [6, 6.07) is -0.484. The quantitative estimate of drug-likeness (QED) is 0.704. The monoisotopic (exact) mass is 230 g/mol. The van der Waals surface area contributed by atoms with Crippen molar-refractivity contribution >= 4 is 5.97 Å². The van der Waals surface area contributed by atoms with Gasteiger partial charge in [0.05, 0.1) is 12.2 Å². The van der Waals surface area contributed by atoms with Crippen molar-refractivity contribution in [3.63, 3.8) is 0 Å². The highest BCUT2D eigenvalue weighted by atomic mass is 16.5. The Bertz CT molecular complexity index is 225. The first-order valence-corrected chi connectivity index (χ1v) is 5.87. The topological polar surface area (TPSA) is 61.8 Å². The standard InChI is InChI=1S/C11H22N2O3/c1-4-12-10(11(14)15)7-13-5-8(2)16-9(3)6-13/h8-10,12H,4-7H2,1-3H3,(H,14,15)/t8-,9+,10?. The van der Waals surface area contributed by atoms with Gasteiger partial charge in [-0.3, -0.25) is 9.69 Å². The fraction of sp³-hybridized carbons (Fsp3) is 0.909. The predicted molar refractivity (Wildman–Crippen MR) is 61.5 cm³/mol. The fourth-order valence-corrected chi connectivity index (χ4v) is 2.17. The van der Waals surface area contributed by atoms with Crippen LogP contribution in [0.25, 0.3) is 0 Å². The van der Waals surface area contributed by atoms with Gasteiger partial charge in [-0.05, 0) is 20.4 Å². The molecule has 0 aliphatic carbocycles. The van der Waals surface area contributed by atoms with Crippen LogP contribution in [0.3, 0.4) is 0 Å². The first-order chi connectivity index (χ1) is 7.52. The van der Waals surface area contributed by atoms with Crippen molar-refractivity contribution < 1.29 is 14.6 Å². The van der Waals surface area contributed by atoms with Gasteiger partial charge in [-0.25, -0.2) is 0 Å². The van der Waals surface area contributed by atoms with Crippen molar-refractivity contribution in [3.05, 3.63) is 0 Å². The largest absolute Gasteiger partial charge is 0.480 e. The van der Waals surface area contributed by atoms with Crippen LogP contribution in [0.15, 0.2) is 0 Å². The van der Waals surface area contributed by atoms with E-state index >= 15 is 0 Å². The SMILES string of the molecule is CCNC(CN1C[C@@H](C)O[C@@H](C)C1)C(=O)O. The Kier molecular flexibility index (Phi) is 5.18. The molecule has 1 fully saturated rings. The molecule has 1 rings (SSSR count). The molecule has 0 saturated carbocycles. The number of hydrogen-bond donors (Lipinski definition) is 2. The van der Waals surface area contributed by atoms with Gasteiger partial charge in [0.25, 0.3) is 0 Å². The lowest BCUT2D eigenvalue weighted by atomic mass is 10.2. The summed E-state index contributed by atoms with van der Waals surface area (Å²) in [4.78, 5) is 13.2. The molecule has 3 atom stereocenters. The molecule has 1 aliphatic heterocycles. The van der Waals surface area contributed by atoms with E-state index in [4.69, 9.17) is 9.84 Å². The molecular formula is C11H22N2O3. The van der Waals surface area contributed by atoms with E-state index in [-0.39, 0.29) is 12.2 Å². The maximum absolute atomic E-state index is 11.0. The summed E-state index contributed by atoms with van der Waals surface area (Å²) in [6.45, 7) is 8.78. The van der Waals surface area contributed by atoms with Gasteiger partial charge in [0.2, 0.25) is 0 Å². The minimum atomic E-state index is -0.784. The third kappa shape index (κ3) is 4.08. The smallest absolute Gasteiger partial charge is 0.322 e. The molecule has 0 spiro atoms. The molecule has 0 bridgehead atoms. The lowest BCUT2D eigenvalue weighted by Gasteiger charge is -2.36. The van der Waals surface area contributed by atoms with E-state index in [2.05, 4.69) is 10.2 Å². The molecule has 1 unspecified atom stereocenters. The first kappa shape index (κ1) is 13.4. The first-order valence-electron chi connectivity index (χ1n) is 5.87. The number of carboxylic acids is 1. The second-order valence-electron chi connectivity index (χ2n) is 4.42. The minimum absolute atomic E-state index is 0.180. The number of nitrogens with one attached hydrogen (secondary N) is 1. The molecule has 0 aromatic heterocycles. The van der Waals surface area contributed by atoms with Crippen molar-refractivity contribution in [1.29, 1.82) is 0 Å². The number of hydrogen-bond acceptors (Lipinski definition) is 4. The number of ether oxygens (including phenoxy) is 1. The number of nitrogens with zero attached hydrogens (tertiary/aromatic N) is 1. The predicted octanol–water partition coefficient (Wildman–Crippen LogP) is 0.158. The van der Waals surface area contributed by atoms with Crippen molar-refractivity contribution in [2.45, 2.75) is 39.0 Å². The lowest BCUT2D eigenvalue weighted by Crippen LogP contribution is -2.52. The van der Waals surface area contributed by atoms with Gasteiger partial charge in [-0.1, -0.05) is 6.92 Å². The minimum Gasteiger partial charge on any atom is -0.480 e. The lowest BCUT2D eigenvalue weighted by molar-refractivity contribution is -0.141. The summed E-state index contributed by atoms with van der Waals surface area (Å²) in [7, 11) is 0. The normalized spacial score (nSPS) is 28.9. The Morgan fingerprint density at radius 1 is 1.50 bits per heavy atom. The van der Waals surface area contributed by atoms with Gasteiger partial charge in [0, 0.05) is 19.6 Å². The summed E-state index contributed by atoms with van der Waals surface area (Å²) in [6.07, 6.45) is 0.361. The number of rotatable bonds is 5. The van der Waals surface area contributed by atoms with Crippen LogP contribution in [0, 0.1) is 0 Å². The molecule has 1 aliphatic rings. The van der Waals surface area contributed by atoms with E-state index in [0.717, 1.165) is 13.1 Å². The number of aliphatic carboxylic acids is 1. The highest BCUT2D eigenvalue weighted by molar-refractivity contribution is 5.73. The van der Waals surface area contributed by atoms with Gasteiger partial charge < -0.3 is 15.2 Å². The van der Waals surface area contributed by atoms with Gasteiger partial charge in [0.15, 0.2) is 0 Å². The zero-order valence-electron chi connectivity index (χ0n) is 10.3. The van der Waals surface area contributed by atoms with E-state index in [1.807, 2.05) is 20.8 Å². The van der Waals surface area contributed by atoms with Crippen LogP contribution in [0.2, 0.25) is 0 Å². The highest BCUT2D eigenvalue weighted by Crippen LogP contribution is 2.10. The Morgan fingerprint density at radius 2 is 2.06 bits per heavy atom. The van der Waals surface area contributed by atoms with Crippen molar-refractivity contribution in [2.75, 3.05) is 26.2 Å². The van der Waals surface area contributed by atoms with Crippen molar-refractivity contribution in [1.82, 2.24) is 10.2 Å². The van der Waals surface area contributed by atoms with E-state index in [1.165, 1.54) is 0 Å². The average molecular weight is 230 g/mol. The Labute approximate surface area is 96.8 Å². The van der Waals surface area contributed by atoms with Crippen molar-refractivity contribution in [2.24, 2.45) is 0 Å². The molecule has 1 heterocycles. The van der Waals surface area contributed by atoms with Crippen LogP contribution in [-0.4, -0.2) is 60.4 Å². The summed E-state index contributed by atoms with van der Waals surface area (Å²) >= 11 is 0. The maximum Gasteiger partial charge on any atom is 0.322 e. The zero-order chi connectivity index (χ0) is 12.1. The van der Waals surface area contributed by atoms with E-state index < -0.39 is 12.0 Å². The van der Waals surface area contributed by atoms with Gasteiger partial charge in [0.1, 0.15) is 6.04 Å². The molecule has 0 amide bonds. The van der Waals surface area contributed by atoms with Crippen LogP contribution >= 0.6 is 0 Å². The Hall–Kier alpha value is -0.650. The molecule has 0 radical (unpaired) electrons. The summed E-state index contributed by atoms with van der Waals surface area (Å²) in [5, 5.41) is 12.0. The molecule has 5 nitrogen and oxygen atoms in total. The summed E-state index contributed by atoms with van der Waals surface area (Å²) < 4.78 is 5.61. The van der Waals surface area contributed by atoms with Gasteiger partial charge in [-0.15, -0.1) is 0 Å². The second-order valence-corrected chi connectivity index (χ2v) is 4.42. The third-order valence-corrected chi connectivity index (χ3v) is 2.68. The molecule has 0 aromatic carbocycles. The van der Waals surface area contributed by atoms with E-state index in [9.17, 15) is 4.79 Å². The van der Waals surface area contributed by atoms with Crippen LogP contribution in [0.5, 0.6) is 0 Å². The zero-order valence-corrected chi connectivity index (χ0v) is 10.3. The number of likely N-dealkylation sites (N-methyl/N-ethyl adjacent to an activating group) is 1. The van der Waals surface area contributed by atoms with Gasteiger partial charge in [-0.2, -0.15) is 0 Å². The molecule has 1 saturated heterocycles. The average Bonchev–Trinajstić information content (AvgIpc) is 2.15. The maximum atomic E-state index is 11.0. The third-order valence-electron chi connectivity index (χ3n) is 2.68. The van der Waals surface area contributed by atoms with E-state index in [1.54, 1.807) is 0 Å². The molecule has 0 aromatic rings. The van der Waals surface area contributed by atoms with Crippen LogP contribution < -0.4 is 5.32 Å². The number of carboxylic acid groups (broad SMARTS) is 1. The van der Waals surface area contributed by atoms with Crippen LogP contribution in [0.1, 0.15) is 20.8 Å². The molecule has 94 valence electrons. The molecule has 2 N–H and O–H groups in total. The van der Waals surface area contributed by atoms with Crippen LogP contribution in [-0.2, 0) is 9.53 Å². The number of morpholine rings is 1. The fourth-order valence-electron chi connectivity index (χ4n) is 2.17. The number of carbonyl (C=O) groups is 1.